The standard InChI is InChI=1S/C16H26BNO3/c1-2-18(15-8-4-3-5-9-15)11-12-21-16-10-6-7-14(13-16)17(19)20/h6-7,10,13,15,19-20H,2-5,8-9,11-12H2,1H3. The third-order valence-electron chi connectivity index (χ3n) is 4.30. The predicted molar refractivity (Wildman–Crippen MR) is 85.9 cm³/mol. The van der Waals surface area contributed by atoms with Crippen molar-refractivity contribution in [2.45, 2.75) is 45.1 Å². The number of likely N-dealkylation sites (N-methyl/N-ethyl adjacent to an activating group) is 1. The first-order chi connectivity index (χ1) is 10.2. The van der Waals surface area contributed by atoms with E-state index in [1.54, 1.807) is 18.2 Å². The Hall–Kier alpha value is -1.04. The summed E-state index contributed by atoms with van der Waals surface area (Å²) in [5.74, 6) is 0.695. The van der Waals surface area contributed by atoms with Crippen LogP contribution in [-0.4, -0.2) is 47.8 Å². The highest BCUT2D eigenvalue weighted by Gasteiger charge is 2.19. The highest BCUT2D eigenvalue weighted by molar-refractivity contribution is 6.58. The van der Waals surface area contributed by atoms with Crippen molar-refractivity contribution in [2.75, 3.05) is 19.7 Å². The van der Waals surface area contributed by atoms with Gasteiger partial charge in [0.1, 0.15) is 12.4 Å². The molecule has 1 aromatic carbocycles. The molecule has 5 heteroatoms. The SMILES string of the molecule is CCN(CCOc1cccc(B(O)O)c1)C1CCCCC1. The number of ether oxygens (including phenoxy) is 1. The first-order valence-corrected chi connectivity index (χ1v) is 8.03. The Morgan fingerprint density at radius 1 is 1.24 bits per heavy atom. The zero-order chi connectivity index (χ0) is 15.1. The maximum absolute atomic E-state index is 9.16. The molecule has 0 spiro atoms. The molecule has 1 fully saturated rings. The summed E-state index contributed by atoms with van der Waals surface area (Å²) in [5, 5.41) is 18.3. The molecule has 1 aliphatic carbocycles. The lowest BCUT2D eigenvalue weighted by Crippen LogP contribution is -2.39. The summed E-state index contributed by atoms with van der Waals surface area (Å²) < 4.78 is 5.76. The van der Waals surface area contributed by atoms with Gasteiger partial charge in [-0.1, -0.05) is 38.3 Å². The molecule has 0 aromatic heterocycles. The summed E-state index contributed by atoms with van der Waals surface area (Å²) in [6.07, 6.45) is 6.68. The van der Waals surface area contributed by atoms with Gasteiger partial charge in [-0.25, -0.2) is 0 Å². The largest absolute Gasteiger partial charge is 0.492 e. The van der Waals surface area contributed by atoms with Crippen LogP contribution in [0.1, 0.15) is 39.0 Å². The highest BCUT2D eigenvalue weighted by atomic mass is 16.5. The van der Waals surface area contributed by atoms with Gasteiger partial charge in [0.15, 0.2) is 0 Å². The van der Waals surface area contributed by atoms with Crippen LogP contribution in [0.15, 0.2) is 24.3 Å². The van der Waals surface area contributed by atoms with Gasteiger partial charge in [-0.2, -0.15) is 0 Å². The average Bonchev–Trinajstić information content (AvgIpc) is 2.53. The minimum Gasteiger partial charge on any atom is -0.492 e. The van der Waals surface area contributed by atoms with Gasteiger partial charge in [0, 0.05) is 12.6 Å². The van der Waals surface area contributed by atoms with Gasteiger partial charge in [0.25, 0.3) is 0 Å². The molecule has 1 aromatic rings. The van der Waals surface area contributed by atoms with E-state index in [1.807, 2.05) is 6.07 Å². The van der Waals surface area contributed by atoms with Crippen LogP contribution >= 0.6 is 0 Å². The van der Waals surface area contributed by atoms with E-state index in [4.69, 9.17) is 14.8 Å². The van der Waals surface area contributed by atoms with Gasteiger partial charge in [-0.3, -0.25) is 4.90 Å². The number of nitrogens with zero attached hydrogens (tertiary/aromatic N) is 1. The molecule has 0 bridgehead atoms. The molecule has 2 N–H and O–H groups in total. The summed E-state index contributed by atoms with van der Waals surface area (Å²) in [6, 6.07) is 7.70. The molecule has 0 heterocycles. The first-order valence-electron chi connectivity index (χ1n) is 8.03. The van der Waals surface area contributed by atoms with Crippen LogP contribution in [0.25, 0.3) is 0 Å². The van der Waals surface area contributed by atoms with Crippen LogP contribution in [-0.2, 0) is 0 Å². The van der Waals surface area contributed by atoms with E-state index in [9.17, 15) is 0 Å². The topological polar surface area (TPSA) is 52.9 Å². The van der Waals surface area contributed by atoms with Crippen LogP contribution in [0.3, 0.4) is 0 Å². The maximum Gasteiger partial charge on any atom is 0.488 e. The molecule has 2 rings (SSSR count). The monoisotopic (exact) mass is 291 g/mol. The number of rotatable bonds is 7. The van der Waals surface area contributed by atoms with Crippen molar-refractivity contribution < 1.29 is 14.8 Å². The average molecular weight is 291 g/mol. The summed E-state index contributed by atoms with van der Waals surface area (Å²) >= 11 is 0. The Bertz CT molecular complexity index is 422. The van der Waals surface area contributed by atoms with E-state index in [2.05, 4.69) is 11.8 Å². The molecule has 0 amide bonds. The van der Waals surface area contributed by atoms with Crippen molar-refractivity contribution >= 4 is 12.6 Å². The Morgan fingerprint density at radius 3 is 2.67 bits per heavy atom. The van der Waals surface area contributed by atoms with Gasteiger partial charge < -0.3 is 14.8 Å². The van der Waals surface area contributed by atoms with E-state index >= 15 is 0 Å². The van der Waals surface area contributed by atoms with Gasteiger partial charge in [-0.05, 0) is 37.0 Å². The Kier molecular flexibility index (Phi) is 6.55. The van der Waals surface area contributed by atoms with Crippen molar-refractivity contribution in [1.29, 1.82) is 0 Å². The van der Waals surface area contributed by atoms with Crippen molar-refractivity contribution in [3.8, 4) is 5.75 Å². The second kappa shape index (κ2) is 8.42. The third-order valence-corrected chi connectivity index (χ3v) is 4.30. The molecule has 116 valence electrons. The Balaban J connectivity index is 1.80. The fraction of sp³-hybridized carbons (Fsp3) is 0.625. The van der Waals surface area contributed by atoms with Gasteiger partial charge in [-0.15, -0.1) is 0 Å². The minimum atomic E-state index is -1.44. The van der Waals surface area contributed by atoms with Crippen LogP contribution < -0.4 is 10.2 Å². The maximum atomic E-state index is 9.16. The predicted octanol–water partition coefficient (Wildman–Crippen LogP) is 1.40. The second-order valence-corrected chi connectivity index (χ2v) is 5.72. The van der Waals surface area contributed by atoms with Crippen LogP contribution in [0.5, 0.6) is 5.75 Å². The van der Waals surface area contributed by atoms with Crippen LogP contribution in [0.4, 0.5) is 0 Å². The third kappa shape index (κ3) is 5.02. The highest BCUT2D eigenvalue weighted by Crippen LogP contribution is 2.22. The van der Waals surface area contributed by atoms with Crippen LogP contribution in [0.2, 0.25) is 0 Å². The number of hydrogen-bond donors (Lipinski definition) is 2. The molecule has 0 aliphatic heterocycles. The lowest BCUT2D eigenvalue weighted by molar-refractivity contribution is 0.137. The fourth-order valence-corrected chi connectivity index (χ4v) is 3.09. The van der Waals surface area contributed by atoms with E-state index < -0.39 is 7.12 Å². The summed E-state index contributed by atoms with van der Waals surface area (Å²) in [6.45, 7) is 4.82. The zero-order valence-electron chi connectivity index (χ0n) is 12.9. The molecule has 0 unspecified atom stereocenters. The van der Waals surface area contributed by atoms with Gasteiger partial charge in [0.05, 0.1) is 0 Å². The number of hydrogen-bond acceptors (Lipinski definition) is 4. The van der Waals surface area contributed by atoms with Crippen molar-refractivity contribution in [1.82, 2.24) is 4.90 Å². The zero-order valence-corrected chi connectivity index (χ0v) is 12.9. The molecular formula is C16H26BNO3. The molecule has 0 radical (unpaired) electrons. The lowest BCUT2D eigenvalue weighted by Gasteiger charge is -2.33. The van der Waals surface area contributed by atoms with Crippen LogP contribution in [0, 0.1) is 0 Å². The van der Waals surface area contributed by atoms with Crippen molar-refractivity contribution in [3.63, 3.8) is 0 Å². The van der Waals surface area contributed by atoms with Gasteiger partial charge >= 0.3 is 7.12 Å². The molecular weight excluding hydrogens is 265 g/mol. The smallest absolute Gasteiger partial charge is 0.488 e. The lowest BCUT2D eigenvalue weighted by atomic mass is 9.80. The quantitative estimate of drug-likeness (QED) is 0.746. The second-order valence-electron chi connectivity index (χ2n) is 5.72. The Labute approximate surface area is 127 Å². The molecule has 0 saturated heterocycles. The minimum absolute atomic E-state index is 0.465. The molecule has 21 heavy (non-hydrogen) atoms. The van der Waals surface area contributed by atoms with E-state index in [0.29, 0.717) is 23.9 Å². The number of benzene rings is 1. The van der Waals surface area contributed by atoms with E-state index in [-0.39, 0.29) is 0 Å². The molecule has 4 nitrogen and oxygen atoms in total. The van der Waals surface area contributed by atoms with E-state index in [0.717, 1.165) is 13.1 Å². The van der Waals surface area contributed by atoms with E-state index in [1.165, 1.54) is 32.1 Å². The molecule has 0 atom stereocenters. The summed E-state index contributed by atoms with van der Waals surface area (Å²) in [5.41, 5.74) is 0.465. The Morgan fingerprint density at radius 2 is 2.00 bits per heavy atom. The van der Waals surface area contributed by atoms with Gasteiger partial charge in [0.2, 0.25) is 0 Å². The normalized spacial score (nSPS) is 16.2. The summed E-state index contributed by atoms with van der Waals surface area (Å²) in [7, 11) is -1.44. The fourth-order valence-electron chi connectivity index (χ4n) is 3.09. The van der Waals surface area contributed by atoms with Crippen molar-refractivity contribution in [3.05, 3.63) is 24.3 Å². The summed E-state index contributed by atoms with van der Waals surface area (Å²) in [4.78, 5) is 2.50. The van der Waals surface area contributed by atoms with Crippen molar-refractivity contribution in [2.24, 2.45) is 0 Å². The molecule has 1 saturated carbocycles. The first kappa shape index (κ1) is 16.3. The molecule has 1 aliphatic rings.